The zero-order valence-corrected chi connectivity index (χ0v) is 17.6. The van der Waals surface area contributed by atoms with E-state index in [0.29, 0.717) is 5.92 Å². The van der Waals surface area contributed by atoms with Gasteiger partial charge in [-0.2, -0.15) is 0 Å². The van der Waals surface area contributed by atoms with E-state index in [0.717, 1.165) is 58.5 Å². The highest BCUT2D eigenvalue weighted by Crippen LogP contribution is 2.33. The molecule has 4 rings (SSSR count). The normalized spacial score (nSPS) is 16.0. The molecule has 6 heteroatoms. The predicted octanol–water partition coefficient (Wildman–Crippen LogP) is 4.44. The molecular weight excluding hydrogens is 370 g/mol. The van der Waals surface area contributed by atoms with Crippen molar-refractivity contribution in [3.63, 3.8) is 0 Å². The van der Waals surface area contributed by atoms with Gasteiger partial charge in [0.2, 0.25) is 12.4 Å². The fraction of sp³-hybridized carbons (Fsp3) is 0.455. The third kappa shape index (κ3) is 4.18. The minimum Gasteiger partial charge on any atom is -0.381 e. The average molecular weight is 399 g/mol. The number of pyridine rings is 1. The fourth-order valence-corrected chi connectivity index (χ4v) is 4.56. The summed E-state index contributed by atoms with van der Waals surface area (Å²) in [5, 5.41) is 9.40. The van der Waals surface area contributed by atoms with Crippen LogP contribution in [0.5, 0.6) is 0 Å². The van der Waals surface area contributed by atoms with Gasteiger partial charge < -0.3 is 9.30 Å². The number of hydrogen-bond acceptors (Lipinski definition) is 4. The highest BCUT2D eigenvalue weighted by atomic mass is 32.2. The first-order valence-electron chi connectivity index (χ1n) is 9.87. The first-order valence-corrected chi connectivity index (χ1v) is 10.7. The van der Waals surface area contributed by atoms with E-state index in [9.17, 15) is 5.21 Å². The van der Waals surface area contributed by atoms with Gasteiger partial charge in [-0.3, -0.25) is 5.21 Å². The Morgan fingerprint density at radius 2 is 1.86 bits per heavy atom. The third-order valence-electron chi connectivity index (χ3n) is 5.19. The fourth-order valence-electron chi connectivity index (χ4n) is 3.73. The van der Waals surface area contributed by atoms with E-state index in [4.69, 9.17) is 9.72 Å². The van der Waals surface area contributed by atoms with Gasteiger partial charge in [-0.05, 0) is 37.0 Å². The third-order valence-corrected chi connectivity index (χ3v) is 6.19. The van der Waals surface area contributed by atoms with Crippen LogP contribution in [-0.2, 0) is 16.7 Å². The Kier molecular flexibility index (Phi) is 5.34. The summed E-state index contributed by atoms with van der Waals surface area (Å²) in [6.07, 6.45) is 5.52. The van der Waals surface area contributed by atoms with Gasteiger partial charge in [0.15, 0.2) is 0 Å². The summed E-state index contributed by atoms with van der Waals surface area (Å²) in [7, 11) is 0. The lowest BCUT2D eigenvalue weighted by molar-refractivity contribution is -0.905. The van der Waals surface area contributed by atoms with Crippen LogP contribution < -0.4 is 4.73 Å². The zero-order valence-electron chi connectivity index (χ0n) is 16.8. The first-order chi connectivity index (χ1) is 13.4. The molecule has 0 radical (unpaired) electrons. The Morgan fingerprint density at radius 3 is 2.54 bits per heavy atom. The Morgan fingerprint density at radius 1 is 1.14 bits per heavy atom. The number of nitrogens with zero attached hydrogens (tertiary/aromatic N) is 3. The molecule has 0 spiro atoms. The maximum atomic E-state index is 9.40. The topological polar surface area (TPSA) is 51.2 Å². The molecule has 5 nitrogen and oxygen atoms in total. The van der Waals surface area contributed by atoms with Crippen LogP contribution in [0.25, 0.3) is 11.0 Å². The lowest BCUT2D eigenvalue weighted by Gasteiger charge is -2.26. The van der Waals surface area contributed by atoms with Crippen molar-refractivity contribution in [1.29, 1.82) is 0 Å². The largest absolute Gasteiger partial charge is 0.381 e. The summed E-state index contributed by atoms with van der Waals surface area (Å²) in [6.45, 7) is 9.45. The molecule has 148 valence electrons. The van der Waals surface area contributed by atoms with E-state index in [1.807, 2.05) is 12.1 Å². The summed E-state index contributed by atoms with van der Waals surface area (Å²) in [5.74, 6) is 1.80. The van der Waals surface area contributed by atoms with Crippen LogP contribution in [0.1, 0.15) is 39.4 Å². The van der Waals surface area contributed by atoms with E-state index >= 15 is 0 Å². The summed E-state index contributed by atoms with van der Waals surface area (Å²) >= 11 is 1.68. The average Bonchev–Trinajstić information content (AvgIpc) is 3.03. The van der Waals surface area contributed by atoms with Crippen molar-refractivity contribution in [3.05, 3.63) is 48.5 Å². The van der Waals surface area contributed by atoms with Crippen molar-refractivity contribution >= 4 is 22.8 Å². The molecule has 1 saturated heterocycles. The van der Waals surface area contributed by atoms with Gasteiger partial charge in [-0.1, -0.05) is 32.5 Å². The van der Waals surface area contributed by atoms with Crippen LogP contribution >= 0.6 is 11.8 Å². The minimum absolute atomic E-state index is 0.00826. The van der Waals surface area contributed by atoms with Crippen LogP contribution in [0.15, 0.2) is 52.5 Å². The maximum Gasteiger partial charge on any atom is 0.223 e. The zero-order chi connectivity index (χ0) is 19.7. The molecule has 2 aromatic heterocycles. The van der Waals surface area contributed by atoms with Crippen molar-refractivity contribution in [1.82, 2.24) is 9.55 Å². The van der Waals surface area contributed by atoms with Crippen molar-refractivity contribution < 1.29 is 14.7 Å². The van der Waals surface area contributed by atoms with E-state index in [-0.39, 0.29) is 5.41 Å². The summed E-state index contributed by atoms with van der Waals surface area (Å²) < 4.78 is 9.02. The van der Waals surface area contributed by atoms with Gasteiger partial charge in [0.25, 0.3) is 0 Å². The Hall–Kier alpha value is -2.05. The van der Waals surface area contributed by atoms with Gasteiger partial charge >= 0.3 is 0 Å². The molecule has 0 atom stereocenters. The van der Waals surface area contributed by atoms with Crippen molar-refractivity contribution in [3.8, 4) is 0 Å². The molecule has 3 heterocycles. The molecule has 1 N–H and O–H groups in total. The van der Waals surface area contributed by atoms with Gasteiger partial charge in [-0.25, -0.2) is 4.98 Å². The van der Waals surface area contributed by atoms with Crippen LogP contribution in [0.3, 0.4) is 0 Å². The molecule has 0 amide bonds. The number of benzene rings is 1. The Labute approximate surface area is 170 Å². The number of imidazole rings is 1. The first kappa shape index (κ1) is 19.3. The molecule has 0 aliphatic carbocycles. The Bertz CT molecular complexity index is 954. The summed E-state index contributed by atoms with van der Waals surface area (Å²) in [5.41, 5.74) is 2.25. The molecule has 1 aliphatic rings. The van der Waals surface area contributed by atoms with Crippen LogP contribution in [-0.4, -0.2) is 28.0 Å². The number of aromatic nitrogens is 3. The molecule has 1 aliphatic heterocycles. The van der Waals surface area contributed by atoms with Crippen molar-refractivity contribution in [2.75, 3.05) is 13.2 Å². The van der Waals surface area contributed by atoms with Crippen LogP contribution in [0, 0.1) is 5.92 Å². The second-order valence-corrected chi connectivity index (χ2v) is 9.67. The van der Waals surface area contributed by atoms with Gasteiger partial charge in [-0.15, -0.1) is 0 Å². The quantitative estimate of drug-likeness (QED) is 0.522. The molecule has 28 heavy (non-hydrogen) atoms. The molecule has 3 aromatic rings. The van der Waals surface area contributed by atoms with E-state index in [1.165, 1.54) is 5.52 Å². The summed E-state index contributed by atoms with van der Waals surface area (Å²) in [6, 6.07) is 10.4. The lowest BCUT2D eigenvalue weighted by Crippen LogP contribution is -2.27. The predicted molar refractivity (Wildman–Crippen MR) is 110 cm³/mol. The van der Waals surface area contributed by atoms with Crippen molar-refractivity contribution in [2.45, 2.75) is 55.4 Å². The number of ether oxygens (including phenoxy) is 1. The van der Waals surface area contributed by atoms with Crippen molar-refractivity contribution in [2.24, 2.45) is 5.92 Å². The highest BCUT2D eigenvalue weighted by molar-refractivity contribution is 7.99. The number of hydrogen-bond donors (Lipinski definition) is 1. The molecule has 1 fully saturated rings. The Balaban J connectivity index is 1.67. The van der Waals surface area contributed by atoms with Crippen LogP contribution in [0.4, 0.5) is 0 Å². The minimum atomic E-state index is -0.00826. The standard InChI is InChI=1S/C22H28N3O2S/c1-22(2,3)21-23-19-14-18(28-17-6-10-24(26)11-7-17)4-5-20(19)25(21)15-16-8-12-27-13-9-16/h4-7,10-11,14,16,26H,8-9,12-13,15H2,1-3H3/q+1. The number of rotatable bonds is 4. The molecular formula is C22H28N3O2S+. The SMILES string of the molecule is CC(C)(C)c1nc2cc(Sc3cc[n+](O)cc3)ccc2n1CC1CCOCC1. The second-order valence-electron chi connectivity index (χ2n) is 8.52. The summed E-state index contributed by atoms with van der Waals surface area (Å²) in [4.78, 5) is 7.28. The van der Waals surface area contributed by atoms with Gasteiger partial charge in [0, 0.05) is 51.8 Å². The molecule has 0 saturated carbocycles. The maximum absolute atomic E-state index is 9.40. The molecule has 0 bridgehead atoms. The molecule has 1 aromatic carbocycles. The monoisotopic (exact) mass is 398 g/mol. The van der Waals surface area contributed by atoms with E-state index < -0.39 is 0 Å². The van der Waals surface area contributed by atoms with Gasteiger partial charge in [0.05, 0.1) is 11.0 Å². The van der Waals surface area contributed by atoms with Crippen LogP contribution in [0.2, 0.25) is 0 Å². The molecule has 0 unspecified atom stereocenters. The smallest absolute Gasteiger partial charge is 0.223 e. The van der Waals surface area contributed by atoms with E-state index in [2.05, 4.69) is 43.5 Å². The highest BCUT2D eigenvalue weighted by Gasteiger charge is 2.25. The van der Waals surface area contributed by atoms with Gasteiger partial charge in [0.1, 0.15) is 5.82 Å². The van der Waals surface area contributed by atoms with E-state index in [1.54, 1.807) is 24.2 Å². The lowest BCUT2D eigenvalue weighted by atomic mass is 9.94. The number of fused-ring (bicyclic) bond motifs is 1. The second kappa shape index (κ2) is 7.76.